The Labute approximate surface area is 173 Å². The van der Waals surface area contributed by atoms with Crippen LogP contribution in [0.2, 0.25) is 0 Å². The molecule has 1 aliphatic heterocycles. The molecule has 0 amide bonds. The zero-order valence-corrected chi connectivity index (χ0v) is 17.3. The number of piperidine rings is 1. The molecule has 0 atom stereocenters. The quantitative estimate of drug-likeness (QED) is 0.676. The van der Waals surface area contributed by atoms with E-state index in [1.54, 1.807) is 0 Å². The predicted molar refractivity (Wildman–Crippen MR) is 108 cm³/mol. The highest BCUT2D eigenvalue weighted by molar-refractivity contribution is 7.89. The molecule has 0 saturated carbocycles. The molecule has 1 fully saturated rings. The van der Waals surface area contributed by atoms with Gasteiger partial charge in [-0.05, 0) is 61.2 Å². The minimum atomic E-state index is -4.46. The summed E-state index contributed by atoms with van der Waals surface area (Å²) in [6, 6.07) is 10.2. The maximum absolute atomic E-state index is 12.8. The van der Waals surface area contributed by atoms with Crippen LogP contribution in [0, 0.1) is 5.92 Å². The highest BCUT2D eigenvalue weighted by Gasteiger charge is 2.30. The second-order valence-electron chi connectivity index (χ2n) is 7.47. The van der Waals surface area contributed by atoms with E-state index in [-0.39, 0.29) is 28.5 Å². The lowest BCUT2D eigenvalue weighted by molar-refractivity contribution is -0.137. The first-order valence-electron chi connectivity index (χ1n) is 9.62. The van der Waals surface area contributed by atoms with Crippen LogP contribution in [-0.2, 0) is 16.2 Å². The summed E-state index contributed by atoms with van der Waals surface area (Å²) >= 11 is 0. The molecule has 9 heteroatoms. The lowest BCUT2D eigenvalue weighted by atomic mass is 10.0. The van der Waals surface area contributed by atoms with Crippen molar-refractivity contribution in [3.8, 4) is 0 Å². The van der Waals surface area contributed by atoms with Gasteiger partial charge in [0, 0.05) is 24.3 Å². The van der Waals surface area contributed by atoms with Crippen molar-refractivity contribution in [2.75, 3.05) is 25.0 Å². The predicted octanol–water partition coefficient (Wildman–Crippen LogP) is 4.42. The molecule has 1 heterocycles. The summed E-state index contributed by atoms with van der Waals surface area (Å²) in [5.41, 5.74) is -0.348. The Kier molecular flexibility index (Phi) is 6.52. The van der Waals surface area contributed by atoms with E-state index in [4.69, 9.17) is 0 Å². The minimum absolute atomic E-state index is 0.124. The average Bonchev–Trinajstić information content (AvgIpc) is 2.72. The van der Waals surface area contributed by atoms with Crippen LogP contribution in [0.5, 0.6) is 0 Å². The minimum Gasteiger partial charge on any atom is -0.378 e. The highest BCUT2D eigenvalue weighted by atomic mass is 32.2. The van der Waals surface area contributed by atoms with E-state index in [1.807, 2.05) is 0 Å². The van der Waals surface area contributed by atoms with Crippen LogP contribution in [0.25, 0.3) is 0 Å². The maximum atomic E-state index is 12.8. The number of carbonyl (C=O) groups excluding carboxylic acids is 1. The Hall–Kier alpha value is -2.39. The fourth-order valence-electron chi connectivity index (χ4n) is 3.28. The van der Waals surface area contributed by atoms with E-state index in [9.17, 15) is 26.4 Å². The number of nitrogens with zero attached hydrogens (tertiary/aromatic N) is 1. The molecule has 1 N–H and O–H groups in total. The summed E-state index contributed by atoms with van der Waals surface area (Å²) in [4.78, 5) is 12.5. The topological polar surface area (TPSA) is 66.5 Å². The van der Waals surface area contributed by atoms with Gasteiger partial charge in [0.05, 0.1) is 17.0 Å². The zero-order valence-electron chi connectivity index (χ0n) is 16.4. The molecule has 3 rings (SSSR count). The Morgan fingerprint density at radius 1 is 1.10 bits per heavy atom. The van der Waals surface area contributed by atoms with Gasteiger partial charge in [0.25, 0.3) is 0 Å². The van der Waals surface area contributed by atoms with E-state index in [1.165, 1.54) is 40.7 Å². The molecular formula is C21H23F3N2O3S. The number of anilines is 1. The van der Waals surface area contributed by atoms with E-state index >= 15 is 0 Å². The van der Waals surface area contributed by atoms with Crippen LogP contribution in [0.15, 0.2) is 53.4 Å². The number of ketones is 1. The molecule has 0 aliphatic carbocycles. The number of nitrogens with one attached hydrogen (secondary N) is 1. The normalized spacial score (nSPS) is 16.4. The molecule has 2 aromatic carbocycles. The third-order valence-electron chi connectivity index (χ3n) is 5.20. The van der Waals surface area contributed by atoms with Crippen LogP contribution in [0.3, 0.4) is 0 Å². The molecule has 1 aliphatic rings. The number of benzene rings is 2. The molecule has 0 bridgehead atoms. The van der Waals surface area contributed by atoms with Gasteiger partial charge >= 0.3 is 6.18 Å². The second kappa shape index (κ2) is 8.77. The number of sulfonamides is 1. The zero-order chi connectivity index (χ0) is 21.9. The summed E-state index contributed by atoms with van der Waals surface area (Å²) in [5.74, 6) is 0.143. The molecule has 0 aromatic heterocycles. The molecule has 0 spiro atoms. The standard InChI is InChI=1S/C21H23F3N2O3S/c1-15-9-11-26(12-10-15)30(28,29)19-7-5-16(6-8-19)20(27)14-25-18-4-2-3-17(13-18)21(22,23)24/h2-8,13,15,25H,9-12,14H2,1H3. The van der Waals surface area contributed by atoms with Gasteiger partial charge in [-0.2, -0.15) is 17.5 Å². The molecule has 162 valence electrons. The molecule has 30 heavy (non-hydrogen) atoms. The summed E-state index contributed by atoms with van der Waals surface area (Å²) in [6.07, 6.45) is -2.83. The molecule has 0 unspecified atom stereocenters. The molecule has 5 nitrogen and oxygen atoms in total. The highest BCUT2D eigenvalue weighted by Crippen LogP contribution is 2.30. The number of carbonyl (C=O) groups is 1. The van der Waals surface area contributed by atoms with Crippen LogP contribution in [-0.4, -0.2) is 38.1 Å². The molecule has 1 saturated heterocycles. The van der Waals surface area contributed by atoms with E-state index in [0.29, 0.717) is 19.0 Å². The van der Waals surface area contributed by atoms with Crippen LogP contribution < -0.4 is 5.32 Å². The van der Waals surface area contributed by atoms with Gasteiger partial charge in [-0.1, -0.05) is 13.0 Å². The Bertz CT molecular complexity index is 997. The second-order valence-corrected chi connectivity index (χ2v) is 9.40. The van der Waals surface area contributed by atoms with Crippen LogP contribution in [0.4, 0.5) is 18.9 Å². The van der Waals surface area contributed by atoms with E-state index in [0.717, 1.165) is 25.0 Å². The number of Topliss-reactive ketones (excluding diaryl/α,β-unsaturated/α-hetero) is 1. The lowest BCUT2D eigenvalue weighted by Gasteiger charge is -2.29. The molecule has 0 radical (unpaired) electrons. The Morgan fingerprint density at radius 3 is 2.33 bits per heavy atom. The maximum Gasteiger partial charge on any atom is 0.416 e. The Balaban J connectivity index is 1.64. The van der Waals surface area contributed by atoms with Crippen molar-refractivity contribution >= 4 is 21.5 Å². The smallest absolute Gasteiger partial charge is 0.378 e. The van der Waals surface area contributed by atoms with Crippen molar-refractivity contribution in [1.82, 2.24) is 4.31 Å². The summed E-state index contributed by atoms with van der Waals surface area (Å²) in [6.45, 7) is 2.84. The monoisotopic (exact) mass is 440 g/mol. The van der Waals surface area contributed by atoms with Crippen LogP contribution in [0.1, 0.15) is 35.7 Å². The summed E-state index contributed by atoms with van der Waals surface area (Å²) in [5, 5.41) is 2.68. The molecular weight excluding hydrogens is 417 g/mol. The number of alkyl halides is 3. The lowest BCUT2D eigenvalue weighted by Crippen LogP contribution is -2.37. The van der Waals surface area contributed by atoms with Gasteiger partial charge in [0.2, 0.25) is 10.0 Å². The van der Waals surface area contributed by atoms with Gasteiger partial charge in [0.15, 0.2) is 5.78 Å². The summed E-state index contributed by atoms with van der Waals surface area (Å²) < 4.78 is 65.2. The first kappa shape index (κ1) is 22.3. The van der Waals surface area contributed by atoms with Gasteiger partial charge in [-0.15, -0.1) is 0 Å². The number of hydrogen-bond acceptors (Lipinski definition) is 4. The Morgan fingerprint density at radius 2 is 1.73 bits per heavy atom. The van der Waals surface area contributed by atoms with Gasteiger partial charge in [-0.3, -0.25) is 4.79 Å². The largest absolute Gasteiger partial charge is 0.416 e. The first-order chi connectivity index (χ1) is 14.1. The number of hydrogen-bond donors (Lipinski definition) is 1. The average molecular weight is 440 g/mol. The first-order valence-corrected chi connectivity index (χ1v) is 11.1. The van der Waals surface area contributed by atoms with Gasteiger partial charge in [-0.25, -0.2) is 8.42 Å². The molecule has 2 aromatic rings. The van der Waals surface area contributed by atoms with Crippen molar-refractivity contribution in [1.29, 1.82) is 0 Å². The van der Waals surface area contributed by atoms with Crippen molar-refractivity contribution < 1.29 is 26.4 Å². The van der Waals surface area contributed by atoms with E-state index < -0.39 is 21.8 Å². The van der Waals surface area contributed by atoms with Crippen molar-refractivity contribution in [2.45, 2.75) is 30.8 Å². The number of halogens is 3. The van der Waals surface area contributed by atoms with Crippen molar-refractivity contribution in [3.05, 3.63) is 59.7 Å². The van der Waals surface area contributed by atoms with Crippen molar-refractivity contribution in [3.63, 3.8) is 0 Å². The van der Waals surface area contributed by atoms with Crippen molar-refractivity contribution in [2.24, 2.45) is 5.92 Å². The fourth-order valence-corrected chi connectivity index (χ4v) is 4.75. The van der Waals surface area contributed by atoms with Gasteiger partial charge < -0.3 is 5.32 Å². The van der Waals surface area contributed by atoms with Gasteiger partial charge in [0.1, 0.15) is 0 Å². The summed E-state index contributed by atoms with van der Waals surface area (Å²) in [7, 11) is -3.60. The fraction of sp³-hybridized carbons (Fsp3) is 0.381. The third kappa shape index (κ3) is 5.20. The van der Waals surface area contributed by atoms with E-state index in [2.05, 4.69) is 12.2 Å². The SMILES string of the molecule is CC1CCN(S(=O)(=O)c2ccc(C(=O)CNc3cccc(C(F)(F)F)c3)cc2)CC1. The third-order valence-corrected chi connectivity index (χ3v) is 7.11. The van der Waals surface area contributed by atoms with Crippen LogP contribution >= 0.6 is 0 Å². The number of rotatable bonds is 6.